The van der Waals surface area contributed by atoms with Crippen molar-refractivity contribution in [1.82, 2.24) is 4.90 Å². The van der Waals surface area contributed by atoms with Gasteiger partial charge >= 0.3 is 10.1 Å². The predicted molar refractivity (Wildman–Crippen MR) is 118 cm³/mol. The monoisotopic (exact) mass is 455 g/mol. The highest BCUT2D eigenvalue weighted by atomic mass is 32.2. The first-order valence-corrected chi connectivity index (χ1v) is 11.8. The summed E-state index contributed by atoms with van der Waals surface area (Å²) in [7, 11) is -2.54. The summed E-state index contributed by atoms with van der Waals surface area (Å²) in [5, 5.41) is 0. The molecule has 168 valence electrons. The van der Waals surface area contributed by atoms with Crippen LogP contribution >= 0.6 is 0 Å². The number of ether oxygens (including phenoxy) is 1. The molecule has 2 aromatic carbocycles. The van der Waals surface area contributed by atoms with Crippen LogP contribution in [-0.4, -0.2) is 26.3 Å². The second-order valence-electron chi connectivity index (χ2n) is 7.72. The van der Waals surface area contributed by atoms with Crippen LogP contribution in [0.2, 0.25) is 0 Å². The molecule has 0 atom stereocenters. The minimum absolute atomic E-state index is 0.000995. The van der Waals surface area contributed by atoms with Gasteiger partial charge < -0.3 is 18.2 Å². The van der Waals surface area contributed by atoms with E-state index < -0.39 is 10.1 Å². The van der Waals surface area contributed by atoms with Crippen LogP contribution in [0.25, 0.3) is 0 Å². The van der Waals surface area contributed by atoms with Gasteiger partial charge in [0.15, 0.2) is 0 Å². The van der Waals surface area contributed by atoms with Crippen molar-refractivity contribution in [3.8, 4) is 11.5 Å². The number of hydrogen-bond acceptors (Lipinski definition) is 6. The van der Waals surface area contributed by atoms with E-state index in [9.17, 15) is 13.2 Å². The lowest BCUT2D eigenvalue weighted by Gasteiger charge is -2.31. The minimum Gasteiger partial charge on any atom is -0.497 e. The number of amides is 1. The maximum atomic E-state index is 13.0. The Balaban J connectivity index is 1.57. The van der Waals surface area contributed by atoms with Gasteiger partial charge in [0.2, 0.25) is 5.91 Å². The first-order chi connectivity index (χ1) is 15.5. The average molecular weight is 456 g/mol. The van der Waals surface area contributed by atoms with Gasteiger partial charge in [0, 0.05) is 18.0 Å². The van der Waals surface area contributed by atoms with E-state index in [4.69, 9.17) is 13.3 Å². The molecule has 7 nitrogen and oxygen atoms in total. The number of rotatable bonds is 9. The number of hydrogen-bond donors (Lipinski definition) is 0. The van der Waals surface area contributed by atoms with Crippen molar-refractivity contribution in [2.24, 2.45) is 5.92 Å². The molecule has 1 aliphatic rings. The Hall–Kier alpha value is -3.26. The minimum atomic E-state index is -4.05. The van der Waals surface area contributed by atoms with E-state index in [1.165, 1.54) is 19.2 Å². The first kappa shape index (κ1) is 22.0. The molecular formula is C24H25NO6S. The lowest BCUT2D eigenvalue weighted by Crippen LogP contribution is -2.38. The molecule has 0 spiro atoms. The van der Waals surface area contributed by atoms with Crippen LogP contribution in [0.1, 0.15) is 30.6 Å². The Labute approximate surface area is 187 Å². The third-order valence-electron chi connectivity index (χ3n) is 5.57. The molecule has 4 rings (SSSR count). The van der Waals surface area contributed by atoms with Crippen molar-refractivity contribution in [3.63, 3.8) is 0 Å². The molecule has 1 fully saturated rings. The maximum absolute atomic E-state index is 13.0. The highest BCUT2D eigenvalue weighted by molar-refractivity contribution is 7.87. The second-order valence-corrected chi connectivity index (χ2v) is 9.27. The van der Waals surface area contributed by atoms with Gasteiger partial charge in [-0.3, -0.25) is 4.79 Å². The zero-order valence-corrected chi connectivity index (χ0v) is 18.6. The van der Waals surface area contributed by atoms with Crippen LogP contribution in [0, 0.1) is 5.92 Å². The van der Waals surface area contributed by atoms with E-state index in [2.05, 4.69) is 0 Å². The van der Waals surface area contributed by atoms with Crippen molar-refractivity contribution in [2.45, 2.75) is 37.2 Å². The summed E-state index contributed by atoms with van der Waals surface area (Å²) in [6.45, 7) is 0.520. The van der Waals surface area contributed by atoms with Crippen LogP contribution < -0.4 is 8.92 Å². The van der Waals surface area contributed by atoms with E-state index >= 15 is 0 Å². The van der Waals surface area contributed by atoms with Gasteiger partial charge in [-0.15, -0.1) is 0 Å². The lowest BCUT2D eigenvalue weighted by molar-refractivity contribution is -0.139. The zero-order valence-electron chi connectivity index (χ0n) is 17.8. The second kappa shape index (κ2) is 9.48. The highest BCUT2D eigenvalue weighted by Gasteiger charge is 2.30. The largest absolute Gasteiger partial charge is 0.497 e. The maximum Gasteiger partial charge on any atom is 0.339 e. The molecule has 0 radical (unpaired) electrons. The van der Waals surface area contributed by atoms with Gasteiger partial charge in [0.05, 0.1) is 19.9 Å². The summed E-state index contributed by atoms with van der Waals surface area (Å²) in [4.78, 5) is 14.8. The van der Waals surface area contributed by atoms with Crippen LogP contribution in [0.15, 0.2) is 76.2 Å². The van der Waals surface area contributed by atoms with Crippen molar-refractivity contribution in [2.75, 3.05) is 7.11 Å². The number of nitrogens with zero attached hydrogens (tertiary/aromatic N) is 1. The number of carbonyl (C=O) groups excluding carboxylic acids is 1. The quantitative estimate of drug-likeness (QED) is 0.445. The Kier molecular flexibility index (Phi) is 6.50. The van der Waals surface area contributed by atoms with E-state index in [-0.39, 0.29) is 29.0 Å². The molecule has 1 saturated carbocycles. The Morgan fingerprint density at radius 2 is 1.78 bits per heavy atom. The van der Waals surface area contributed by atoms with Crippen molar-refractivity contribution in [3.05, 3.63) is 78.3 Å². The topological polar surface area (TPSA) is 86.1 Å². The summed E-state index contributed by atoms with van der Waals surface area (Å²) >= 11 is 0. The van der Waals surface area contributed by atoms with Gasteiger partial charge in [-0.1, -0.05) is 24.6 Å². The lowest BCUT2D eigenvalue weighted by atomic mass is 9.84. The van der Waals surface area contributed by atoms with E-state index in [0.29, 0.717) is 23.6 Å². The number of para-hydroxylation sites is 1. The molecule has 0 unspecified atom stereocenters. The van der Waals surface area contributed by atoms with Crippen LogP contribution in [-0.2, 0) is 28.0 Å². The van der Waals surface area contributed by atoms with E-state index in [0.717, 1.165) is 19.3 Å². The van der Waals surface area contributed by atoms with Gasteiger partial charge in [-0.05, 0) is 55.3 Å². The van der Waals surface area contributed by atoms with Crippen molar-refractivity contribution < 1.29 is 26.5 Å². The Morgan fingerprint density at radius 1 is 1.03 bits per heavy atom. The van der Waals surface area contributed by atoms with Crippen LogP contribution in [0.4, 0.5) is 0 Å². The molecule has 8 heteroatoms. The molecule has 0 N–H and O–H groups in total. The average Bonchev–Trinajstić information content (AvgIpc) is 3.26. The van der Waals surface area contributed by atoms with Crippen LogP contribution in [0.5, 0.6) is 11.5 Å². The first-order valence-electron chi connectivity index (χ1n) is 10.4. The van der Waals surface area contributed by atoms with Crippen LogP contribution in [0.3, 0.4) is 0 Å². The zero-order chi connectivity index (χ0) is 22.6. The predicted octanol–water partition coefficient (Wildman–Crippen LogP) is 4.38. The number of methoxy groups -OCH3 is 1. The summed E-state index contributed by atoms with van der Waals surface area (Å²) in [5.41, 5.74) is 0.601. The SMILES string of the molecule is COc1ccc(S(=O)(=O)Oc2ccccc2CN(Cc2ccco2)C(=O)C2CCC2)cc1. The smallest absolute Gasteiger partial charge is 0.339 e. The fourth-order valence-corrected chi connectivity index (χ4v) is 4.51. The van der Waals surface area contributed by atoms with Gasteiger partial charge in [0.25, 0.3) is 0 Å². The van der Waals surface area contributed by atoms with Crippen molar-refractivity contribution >= 4 is 16.0 Å². The number of benzene rings is 2. The third kappa shape index (κ3) is 4.96. The molecule has 32 heavy (non-hydrogen) atoms. The molecule has 3 aromatic rings. The summed E-state index contributed by atoms with van der Waals surface area (Å²) < 4.78 is 41.7. The van der Waals surface area contributed by atoms with Gasteiger partial charge in [-0.2, -0.15) is 8.42 Å². The Morgan fingerprint density at radius 3 is 2.41 bits per heavy atom. The molecule has 0 bridgehead atoms. The summed E-state index contributed by atoms with van der Waals surface area (Å²) in [5.74, 6) is 1.45. The number of carbonyl (C=O) groups is 1. The molecule has 0 saturated heterocycles. The Bertz CT molecular complexity index is 1150. The molecule has 1 aliphatic carbocycles. The van der Waals surface area contributed by atoms with Gasteiger partial charge in [0.1, 0.15) is 22.2 Å². The van der Waals surface area contributed by atoms with E-state index in [1.807, 2.05) is 6.07 Å². The van der Waals surface area contributed by atoms with Crippen molar-refractivity contribution in [1.29, 1.82) is 0 Å². The summed E-state index contributed by atoms with van der Waals surface area (Å²) in [6.07, 6.45) is 4.36. The molecule has 1 heterocycles. The number of furan rings is 1. The van der Waals surface area contributed by atoms with Gasteiger partial charge in [-0.25, -0.2) is 0 Å². The molecule has 1 amide bonds. The summed E-state index contributed by atoms with van der Waals surface area (Å²) in [6, 6.07) is 16.4. The fraction of sp³-hybridized carbons (Fsp3) is 0.292. The fourth-order valence-electron chi connectivity index (χ4n) is 3.55. The molecular weight excluding hydrogens is 430 g/mol. The van der Waals surface area contributed by atoms with E-state index in [1.54, 1.807) is 53.6 Å². The highest BCUT2D eigenvalue weighted by Crippen LogP contribution is 2.31. The molecule has 1 aromatic heterocycles. The third-order valence-corrected chi connectivity index (χ3v) is 6.82. The normalized spacial score (nSPS) is 13.9. The molecule has 0 aliphatic heterocycles. The standard InChI is InChI=1S/C24H25NO6S/c1-29-20-11-13-22(14-12-20)32(27,28)31-23-10-3-2-6-19(23)16-25(17-21-9-5-15-30-21)24(26)18-7-4-8-18/h2-3,5-6,9-15,18H,4,7-8,16-17H2,1H3.